The van der Waals surface area contributed by atoms with Gasteiger partial charge in [0, 0.05) is 19.6 Å². The van der Waals surface area contributed by atoms with Crippen LogP contribution in [0.2, 0.25) is 0 Å². The summed E-state index contributed by atoms with van der Waals surface area (Å²) in [4.78, 5) is 14.2. The number of piperidine rings is 1. The van der Waals surface area contributed by atoms with Crippen molar-refractivity contribution in [3.63, 3.8) is 0 Å². The van der Waals surface area contributed by atoms with Gasteiger partial charge in [0.25, 0.3) is 0 Å². The monoisotopic (exact) mass is 340 g/mol. The van der Waals surface area contributed by atoms with Crippen LogP contribution < -0.4 is 5.32 Å². The number of halogens is 1. The Kier molecular flexibility index (Phi) is 5.43. The van der Waals surface area contributed by atoms with Crippen molar-refractivity contribution >= 4 is 21.8 Å². The van der Waals surface area contributed by atoms with E-state index in [2.05, 4.69) is 21.2 Å². The molecule has 1 unspecified atom stereocenters. The molecule has 2 N–H and O–H groups in total. The molecule has 0 aliphatic carbocycles. The van der Waals surface area contributed by atoms with Crippen LogP contribution in [0.25, 0.3) is 0 Å². The van der Waals surface area contributed by atoms with Crippen LogP contribution in [-0.4, -0.2) is 35.0 Å². The van der Waals surface area contributed by atoms with E-state index in [1.165, 1.54) is 6.42 Å². The summed E-state index contributed by atoms with van der Waals surface area (Å²) < 4.78 is 0.673. The average Bonchev–Trinajstić information content (AvgIpc) is 2.48. The van der Waals surface area contributed by atoms with Gasteiger partial charge in [0.1, 0.15) is 5.75 Å². The van der Waals surface area contributed by atoms with Gasteiger partial charge in [-0.25, -0.2) is 0 Å². The Labute approximate surface area is 128 Å². The highest BCUT2D eigenvalue weighted by molar-refractivity contribution is 9.10. The number of hydrogen-bond acceptors (Lipinski definition) is 3. The molecule has 0 aromatic heterocycles. The number of benzene rings is 1. The summed E-state index contributed by atoms with van der Waals surface area (Å²) >= 11 is 3.29. The van der Waals surface area contributed by atoms with Crippen molar-refractivity contribution in [3.05, 3.63) is 28.2 Å². The standard InChI is InChI=1S/C15H21BrN2O2/c1-11(15(20)18-7-3-2-4-8-18)17-10-12-5-6-14(19)13(16)9-12/h5-6,9,11,17,19H,2-4,7-8,10H2,1H3. The van der Waals surface area contributed by atoms with Gasteiger partial charge in [-0.1, -0.05) is 6.07 Å². The zero-order valence-electron chi connectivity index (χ0n) is 11.7. The van der Waals surface area contributed by atoms with E-state index in [0.29, 0.717) is 11.0 Å². The first kappa shape index (κ1) is 15.3. The van der Waals surface area contributed by atoms with Gasteiger partial charge in [-0.2, -0.15) is 0 Å². The molecule has 5 heteroatoms. The molecule has 0 saturated carbocycles. The number of phenols is 1. The summed E-state index contributed by atoms with van der Waals surface area (Å²) in [6, 6.07) is 5.18. The Balaban J connectivity index is 1.85. The smallest absolute Gasteiger partial charge is 0.239 e. The number of carbonyl (C=O) groups is 1. The van der Waals surface area contributed by atoms with E-state index in [1.807, 2.05) is 24.0 Å². The number of nitrogens with one attached hydrogen (secondary N) is 1. The van der Waals surface area contributed by atoms with Gasteiger partial charge >= 0.3 is 0 Å². The predicted molar refractivity (Wildman–Crippen MR) is 82.5 cm³/mol. The molecule has 20 heavy (non-hydrogen) atoms. The zero-order valence-corrected chi connectivity index (χ0v) is 13.3. The third-order valence-electron chi connectivity index (χ3n) is 3.66. The number of phenolic OH excluding ortho intramolecular Hbond substituents is 1. The lowest BCUT2D eigenvalue weighted by molar-refractivity contribution is -0.133. The molecule has 2 rings (SSSR count). The van der Waals surface area contributed by atoms with E-state index in [4.69, 9.17) is 0 Å². The molecule has 4 nitrogen and oxygen atoms in total. The molecule has 110 valence electrons. The highest BCUT2D eigenvalue weighted by Crippen LogP contribution is 2.24. The zero-order chi connectivity index (χ0) is 14.5. The van der Waals surface area contributed by atoms with Crippen LogP contribution in [0.3, 0.4) is 0 Å². The molecule has 0 spiro atoms. The van der Waals surface area contributed by atoms with Gasteiger partial charge in [-0.15, -0.1) is 0 Å². The van der Waals surface area contributed by atoms with Gasteiger partial charge in [0.15, 0.2) is 0 Å². The highest BCUT2D eigenvalue weighted by Gasteiger charge is 2.21. The number of rotatable bonds is 4. The second-order valence-corrected chi connectivity index (χ2v) is 6.13. The molecule has 0 radical (unpaired) electrons. The van der Waals surface area contributed by atoms with Crippen molar-refractivity contribution in [2.45, 2.75) is 38.8 Å². The van der Waals surface area contributed by atoms with E-state index < -0.39 is 0 Å². The number of nitrogens with zero attached hydrogens (tertiary/aromatic N) is 1. The Hall–Kier alpha value is -1.07. The Morgan fingerprint density at radius 1 is 1.40 bits per heavy atom. The van der Waals surface area contributed by atoms with Crippen LogP contribution in [0.1, 0.15) is 31.7 Å². The maximum atomic E-state index is 12.3. The summed E-state index contributed by atoms with van der Waals surface area (Å²) in [5, 5.41) is 12.7. The minimum atomic E-state index is -0.180. The second-order valence-electron chi connectivity index (χ2n) is 5.27. The number of hydrogen-bond donors (Lipinski definition) is 2. The minimum Gasteiger partial charge on any atom is -0.507 e. The first-order valence-electron chi connectivity index (χ1n) is 7.07. The lowest BCUT2D eigenvalue weighted by Gasteiger charge is -2.29. The van der Waals surface area contributed by atoms with Crippen LogP contribution in [0.5, 0.6) is 5.75 Å². The van der Waals surface area contributed by atoms with E-state index in [9.17, 15) is 9.90 Å². The minimum absolute atomic E-state index is 0.180. The van der Waals surface area contributed by atoms with E-state index in [-0.39, 0.29) is 17.7 Å². The number of likely N-dealkylation sites (tertiary alicyclic amines) is 1. The quantitative estimate of drug-likeness (QED) is 0.885. The molecule has 1 aliphatic heterocycles. The maximum Gasteiger partial charge on any atom is 0.239 e. The third kappa shape index (κ3) is 3.96. The molecule has 1 heterocycles. The Morgan fingerprint density at radius 3 is 2.75 bits per heavy atom. The molecule has 1 aromatic rings. The summed E-state index contributed by atoms with van der Waals surface area (Å²) in [5.74, 6) is 0.411. The average molecular weight is 341 g/mol. The predicted octanol–water partition coefficient (Wildman–Crippen LogP) is 2.65. The van der Waals surface area contributed by atoms with Gasteiger partial charge in [-0.05, 0) is 59.8 Å². The topological polar surface area (TPSA) is 52.6 Å². The lowest BCUT2D eigenvalue weighted by atomic mass is 10.1. The SMILES string of the molecule is CC(NCc1ccc(O)c(Br)c1)C(=O)N1CCCCC1. The normalized spacial score (nSPS) is 17.0. The number of amides is 1. The summed E-state index contributed by atoms with van der Waals surface area (Å²) in [6.45, 7) is 4.29. The fraction of sp³-hybridized carbons (Fsp3) is 0.533. The van der Waals surface area contributed by atoms with Crippen LogP contribution in [0.15, 0.2) is 22.7 Å². The van der Waals surface area contributed by atoms with Crippen molar-refractivity contribution in [2.24, 2.45) is 0 Å². The van der Waals surface area contributed by atoms with Crippen molar-refractivity contribution in [1.82, 2.24) is 10.2 Å². The molecule has 1 aromatic carbocycles. The van der Waals surface area contributed by atoms with Gasteiger partial charge in [-0.3, -0.25) is 4.79 Å². The van der Waals surface area contributed by atoms with Crippen molar-refractivity contribution in [2.75, 3.05) is 13.1 Å². The van der Waals surface area contributed by atoms with Gasteiger partial charge in [0.2, 0.25) is 5.91 Å². The first-order chi connectivity index (χ1) is 9.58. The van der Waals surface area contributed by atoms with Crippen LogP contribution in [0, 0.1) is 0 Å². The van der Waals surface area contributed by atoms with Gasteiger partial charge < -0.3 is 15.3 Å². The molecule has 1 amide bonds. The van der Waals surface area contributed by atoms with Crippen LogP contribution in [-0.2, 0) is 11.3 Å². The van der Waals surface area contributed by atoms with Crippen molar-refractivity contribution in [1.29, 1.82) is 0 Å². The molecular formula is C15H21BrN2O2. The summed E-state index contributed by atoms with van der Waals surface area (Å²) in [5.41, 5.74) is 1.04. The van der Waals surface area contributed by atoms with Gasteiger partial charge in [0.05, 0.1) is 10.5 Å². The fourth-order valence-corrected chi connectivity index (χ4v) is 2.83. The molecule has 1 fully saturated rings. The molecular weight excluding hydrogens is 320 g/mol. The Bertz CT molecular complexity index is 473. The maximum absolute atomic E-state index is 12.3. The lowest BCUT2D eigenvalue weighted by Crippen LogP contribution is -2.46. The fourth-order valence-electron chi connectivity index (χ4n) is 2.41. The van der Waals surface area contributed by atoms with E-state index in [0.717, 1.165) is 31.5 Å². The molecule has 1 saturated heterocycles. The van der Waals surface area contributed by atoms with Crippen molar-refractivity contribution < 1.29 is 9.90 Å². The van der Waals surface area contributed by atoms with E-state index >= 15 is 0 Å². The second kappa shape index (κ2) is 7.09. The third-order valence-corrected chi connectivity index (χ3v) is 4.30. The highest BCUT2D eigenvalue weighted by atomic mass is 79.9. The molecule has 0 bridgehead atoms. The first-order valence-corrected chi connectivity index (χ1v) is 7.87. The largest absolute Gasteiger partial charge is 0.507 e. The number of carbonyl (C=O) groups excluding carboxylic acids is 1. The molecule has 1 aliphatic rings. The van der Waals surface area contributed by atoms with Crippen LogP contribution in [0.4, 0.5) is 0 Å². The summed E-state index contributed by atoms with van der Waals surface area (Å²) in [6.07, 6.45) is 3.46. The molecule has 1 atom stereocenters. The Morgan fingerprint density at radius 2 is 2.10 bits per heavy atom. The van der Waals surface area contributed by atoms with Crippen molar-refractivity contribution in [3.8, 4) is 5.75 Å². The van der Waals surface area contributed by atoms with E-state index in [1.54, 1.807) is 6.07 Å². The summed E-state index contributed by atoms with van der Waals surface area (Å²) in [7, 11) is 0. The van der Waals surface area contributed by atoms with Crippen LogP contribution >= 0.6 is 15.9 Å². The number of aromatic hydroxyl groups is 1.